The van der Waals surface area contributed by atoms with Crippen LogP contribution in [0.15, 0.2) is 0 Å². The maximum Gasteiger partial charge on any atom is 0.0665 e. The van der Waals surface area contributed by atoms with Gasteiger partial charge in [-0.1, -0.05) is 6.42 Å². The number of aliphatic hydroxyl groups is 1. The van der Waals surface area contributed by atoms with Crippen molar-refractivity contribution in [2.45, 2.75) is 77.1 Å². The van der Waals surface area contributed by atoms with Crippen LogP contribution in [0.25, 0.3) is 0 Å². The summed E-state index contributed by atoms with van der Waals surface area (Å²) < 4.78 is 6.16. The first-order valence-corrected chi connectivity index (χ1v) is 6.68. The van der Waals surface area contributed by atoms with Crippen molar-refractivity contribution in [3.05, 3.63) is 0 Å². The molecule has 0 radical (unpaired) electrons. The molecule has 3 atom stereocenters. The first kappa shape index (κ1) is 12.4. The van der Waals surface area contributed by atoms with E-state index >= 15 is 0 Å². The van der Waals surface area contributed by atoms with Gasteiger partial charge in [0, 0.05) is 0 Å². The van der Waals surface area contributed by atoms with Crippen LogP contribution in [-0.2, 0) is 4.74 Å². The third-order valence-corrected chi connectivity index (χ3v) is 4.40. The maximum atomic E-state index is 9.80. The van der Waals surface area contributed by atoms with Crippen LogP contribution in [0.4, 0.5) is 0 Å². The molecule has 1 aliphatic heterocycles. The largest absolute Gasteiger partial charge is 0.393 e. The van der Waals surface area contributed by atoms with Crippen LogP contribution >= 0.6 is 0 Å². The summed E-state index contributed by atoms with van der Waals surface area (Å²) in [6, 6.07) is 0. The molecule has 0 spiro atoms. The monoisotopic (exact) mass is 226 g/mol. The molecule has 1 saturated heterocycles. The lowest BCUT2D eigenvalue weighted by Crippen LogP contribution is -2.36. The topological polar surface area (TPSA) is 29.5 Å². The summed E-state index contributed by atoms with van der Waals surface area (Å²) in [6.07, 6.45) is 5.49. The van der Waals surface area contributed by atoms with Crippen molar-refractivity contribution in [1.29, 1.82) is 0 Å². The third kappa shape index (κ3) is 2.43. The van der Waals surface area contributed by atoms with Gasteiger partial charge < -0.3 is 9.84 Å². The van der Waals surface area contributed by atoms with Crippen LogP contribution in [0.2, 0.25) is 0 Å². The molecular weight excluding hydrogens is 200 g/mol. The van der Waals surface area contributed by atoms with Crippen LogP contribution in [0.1, 0.15) is 59.8 Å². The standard InChI is InChI=1S/C14H26O2/c1-13(2)9-12(14(3,4)16-13)10-6-5-7-11(15)8-10/h10-12,15H,5-9H2,1-4H3. The number of hydrogen-bond donors (Lipinski definition) is 1. The maximum absolute atomic E-state index is 9.80. The highest BCUT2D eigenvalue weighted by molar-refractivity contribution is 4.98. The number of hydrogen-bond acceptors (Lipinski definition) is 2. The van der Waals surface area contributed by atoms with Crippen molar-refractivity contribution < 1.29 is 9.84 Å². The van der Waals surface area contributed by atoms with E-state index in [2.05, 4.69) is 27.7 Å². The highest BCUT2D eigenvalue weighted by Crippen LogP contribution is 2.48. The summed E-state index contributed by atoms with van der Waals surface area (Å²) in [5.74, 6) is 1.26. The zero-order chi connectivity index (χ0) is 12.0. The molecule has 2 nitrogen and oxygen atoms in total. The van der Waals surface area contributed by atoms with E-state index in [4.69, 9.17) is 4.74 Å². The summed E-state index contributed by atoms with van der Waals surface area (Å²) >= 11 is 0. The Morgan fingerprint density at radius 2 is 1.81 bits per heavy atom. The Kier molecular flexibility index (Phi) is 3.09. The van der Waals surface area contributed by atoms with E-state index in [1.165, 1.54) is 12.8 Å². The Morgan fingerprint density at radius 1 is 1.12 bits per heavy atom. The fourth-order valence-corrected chi connectivity index (χ4v) is 3.91. The minimum absolute atomic E-state index is 0.0105. The van der Waals surface area contributed by atoms with Crippen molar-refractivity contribution in [3.8, 4) is 0 Å². The summed E-state index contributed by atoms with van der Waals surface area (Å²) in [7, 11) is 0. The van der Waals surface area contributed by atoms with E-state index in [9.17, 15) is 5.11 Å². The second-order valence-electron chi connectivity index (χ2n) is 6.86. The van der Waals surface area contributed by atoms with Crippen molar-refractivity contribution in [1.82, 2.24) is 0 Å². The van der Waals surface area contributed by atoms with E-state index in [1.807, 2.05) is 0 Å². The Bertz CT molecular complexity index is 257. The van der Waals surface area contributed by atoms with Gasteiger partial charge >= 0.3 is 0 Å². The lowest BCUT2D eigenvalue weighted by molar-refractivity contribution is -0.0839. The average Bonchev–Trinajstić information content (AvgIpc) is 2.34. The van der Waals surface area contributed by atoms with Crippen molar-refractivity contribution >= 4 is 0 Å². The summed E-state index contributed by atoms with van der Waals surface area (Å²) in [5.41, 5.74) is -0.0121. The third-order valence-electron chi connectivity index (χ3n) is 4.40. The molecule has 0 amide bonds. The van der Waals surface area contributed by atoms with Crippen LogP contribution in [0.5, 0.6) is 0 Å². The Hall–Kier alpha value is -0.0800. The van der Waals surface area contributed by atoms with Gasteiger partial charge in [0.25, 0.3) is 0 Å². The van der Waals surface area contributed by atoms with Gasteiger partial charge in [0.05, 0.1) is 17.3 Å². The highest BCUT2D eigenvalue weighted by Gasteiger charge is 2.49. The molecule has 2 aliphatic rings. The molecule has 0 bridgehead atoms. The van der Waals surface area contributed by atoms with E-state index < -0.39 is 0 Å². The second kappa shape index (κ2) is 3.99. The minimum Gasteiger partial charge on any atom is -0.393 e. The van der Waals surface area contributed by atoms with E-state index in [-0.39, 0.29) is 17.3 Å². The smallest absolute Gasteiger partial charge is 0.0665 e. The molecule has 2 rings (SSSR count). The molecule has 0 aromatic heterocycles. The quantitative estimate of drug-likeness (QED) is 0.744. The fraction of sp³-hybridized carbons (Fsp3) is 1.00. The zero-order valence-corrected chi connectivity index (χ0v) is 11.1. The molecule has 2 heteroatoms. The zero-order valence-electron chi connectivity index (χ0n) is 11.1. The lowest BCUT2D eigenvalue weighted by atomic mass is 9.71. The molecule has 3 unspecified atom stereocenters. The van der Waals surface area contributed by atoms with Crippen molar-refractivity contribution in [2.24, 2.45) is 11.8 Å². The Balaban J connectivity index is 2.08. The van der Waals surface area contributed by atoms with Gasteiger partial charge in [0.15, 0.2) is 0 Å². The molecule has 2 fully saturated rings. The van der Waals surface area contributed by atoms with Gasteiger partial charge in [-0.3, -0.25) is 0 Å². The van der Waals surface area contributed by atoms with Crippen molar-refractivity contribution in [3.63, 3.8) is 0 Å². The predicted molar refractivity (Wildman–Crippen MR) is 65.3 cm³/mol. The average molecular weight is 226 g/mol. The fourth-order valence-electron chi connectivity index (χ4n) is 3.91. The summed E-state index contributed by atoms with van der Waals surface area (Å²) in [6.45, 7) is 8.81. The molecule has 0 aromatic carbocycles. The van der Waals surface area contributed by atoms with Crippen LogP contribution < -0.4 is 0 Å². The SMILES string of the molecule is CC1(C)CC(C2CCCC(O)C2)C(C)(C)O1. The Morgan fingerprint density at radius 3 is 2.31 bits per heavy atom. The predicted octanol–water partition coefficient (Wildman–Crippen LogP) is 3.13. The molecule has 0 aromatic rings. The highest BCUT2D eigenvalue weighted by atomic mass is 16.5. The molecule has 94 valence electrons. The van der Waals surface area contributed by atoms with Crippen LogP contribution in [-0.4, -0.2) is 22.4 Å². The van der Waals surface area contributed by atoms with Crippen LogP contribution in [0, 0.1) is 11.8 Å². The van der Waals surface area contributed by atoms with Gasteiger partial charge in [0.1, 0.15) is 0 Å². The molecule has 16 heavy (non-hydrogen) atoms. The molecule has 1 heterocycles. The normalized spacial score (nSPS) is 42.2. The van der Waals surface area contributed by atoms with Gasteiger partial charge in [-0.15, -0.1) is 0 Å². The van der Waals surface area contributed by atoms with Crippen LogP contribution in [0.3, 0.4) is 0 Å². The first-order chi connectivity index (χ1) is 7.30. The second-order valence-corrected chi connectivity index (χ2v) is 6.86. The minimum atomic E-state index is -0.0711. The van der Waals surface area contributed by atoms with Gasteiger partial charge in [0.2, 0.25) is 0 Å². The van der Waals surface area contributed by atoms with Gasteiger partial charge in [-0.25, -0.2) is 0 Å². The van der Waals surface area contributed by atoms with E-state index in [0.29, 0.717) is 11.8 Å². The lowest BCUT2D eigenvalue weighted by Gasteiger charge is -2.36. The molecular formula is C14H26O2. The Labute approximate surface area is 99.4 Å². The van der Waals surface area contributed by atoms with Gasteiger partial charge in [-0.05, 0) is 65.2 Å². The van der Waals surface area contributed by atoms with Crippen molar-refractivity contribution in [2.75, 3.05) is 0 Å². The summed E-state index contributed by atoms with van der Waals surface area (Å²) in [5, 5.41) is 9.80. The number of ether oxygens (including phenoxy) is 1. The molecule has 1 saturated carbocycles. The molecule has 1 aliphatic carbocycles. The van der Waals surface area contributed by atoms with Gasteiger partial charge in [-0.2, -0.15) is 0 Å². The first-order valence-electron chi connectivity index (χ1n) is 6.68. The number of rotatable bonds is 1. The molecule has 1 N–H and O–H groups in total. The van der Waals surface area contributed by atoms with E-state index in [0.717, 1.165) is 19.3 Å². The van der Waals surface area contributed by atoms with E-state index in [1.54, 1.807) is 0 Å². The number of aliphatic hydroxyl groups excluding tert-OH is 1. The summed E-state index contributed by atoms with van der Waals surface area (Å²) in [4.78, 5) is 0.